The van der Waals surface area contributed by atoms with Crippen molar-refractivity contribution in [1.82, 2.24) is 4.90 Å². The molecule has 2 unspecified atom stereocenters. The van der Waals surface area contributed by atoms with E-state index in [2.05, 4.69) is 0 Å². The van der Waals surface area contributed by atoms with Gasteiger partial charge in [0.2, 0.25) is 11.8 Å². The summed E-state index contributed by atoms with van der Waals surface area (Å²) in [5, 5.41) is 0. The smallest absolute Gasteiger partial charge is 0.233 e. The Morgan fingerprint density at radius 1 is 1.00 bits per heavy atom. The number of rotatable bonds is 5. The van der Waals surface area contributed by atoms with Crippen molar-refractivity contribution in [2.45, 2.75) is 63.5 Å². The zero-order valence-corrected chi connectivity index (χ0v) is 12.6. The number of nitrogens with two attached hydrogens (primary N) is 1. The van der Waals surface area contributed by atoms with Crippen LogP contribution in [0.3, 0.4) is 0 Å². The minimum absolute atomic E-state index is 0.0155. The summed E-state index contributed by atoms with van der Waals surface area (Å²) in [5.74, 6) is 0.0915. The van der Waals surface area contributed by atoms with Crippen LogP contribution in [0.5, 0.6) is 0 Å². The van der Waals surface area contributed by atoms with Gasteiger partial charge in [0, 0.05) is 19.2 Å². The average molecular weight is 294 g/mol. The van der Waals surface area contributed by atoms with E-state index in [4.69, 9.17) is 10.5 Å². The summed E-state index contributed by atoms with van der Waals surface area (Å²) in [5.41, 5.74) is 5.87. The fourth-order valence-corrected chi connectivity index (χ4v) is 4.01. The minimum atomic E-state index is -0.0155. The number of likely N-dealkylation sites (tertiary alicyclic amines) is 1. The van der Waals surface area contributed by atoms with E-state index in [-0.39, 0.29) is 23.7 Å². The fourth-order valence-electron chi connectivity index (χ4n) is 4.01. The molecule has 0 spiro atoms. The first-order chi connectivity index (χ1) is 10.2. The Kier molecular flexibility index (Phi) is 4.60. The molecule has 0 aromatic carbocycles. The molecular formula is C16H26N2O3. The van der Waals surface area contributed by atoms with Crippen LogP contribution in [0.4, 0.5) is 0 Å². The van der Waals surface area contributed by atoms with Crippen molar-refractivity contribution in [2.24, 2.45) is 17.6 Å². The minimum Gasteiger partial charge on any atom is -0.378 e. The van der Waals surface area contributed by atoms with Crippen LogP contribution in [0.2, 0.25) is 0 Å². The molecule has 2 N–H and O–H groups in total. The number of carbonyl (C=O) groups is 2. The predicted octanol–water partition coefficient (Wildman–Crippen LogP) is 1.45. The molecule has 1 saturated heterocycles. The highest BCUT2D eigenvalue weighted by Crippen LogP contribution is 2.39. The van der Waals surface area contributed by atoms with Gasteiger partial charge in [0.1, 0.15) is 0 Å². The lowest BCUT2D eigenvalue weighted by Crippen LogP contribution is -2.34. The molecular weight excluding hydrogens is 268 g/mol. The number of nitrogens with zero attached hydrogens (tertiary/aromatic N) is 1. The SMILES string of the molecule is NC1CCC(OCCCN2C(=O)C3CCCC3C2=O)CC1. The number of fused-ring (bicyclic) bond motifs is 1. The first-order valence-corrected chi connectivity index (χ1v) is 8.39. The third-order valence-electron chi connectivity index (χ3n) is 5.28. The van der Waals surface area contributed by atoms with Crippen molar-refractivity contribution in [1.29, 1.82) is 0 Å². The maximum atomic E-state index is 12.2. The van der Waals surface area contributed by atoms with Crippen molar-refractivity contribution >= 4 is 11.8 Å². The van der Waals surface area contributed by atoms with Crippen LogP contribution in [0, 0.1) is 11.8 Å². The molecule has 0 aromatic heterocycles. The van der Waals surface area contributed by atoms with Crippen LogP contribution in [-0.2, 0) is 14.3 Å². The zero-order chi connectivity index (χ0) is 14.8. The van der Waals surface area contributed by atoms with Crippen LogP contribution < -0.4 is 5.73 Å². The van der Waals surface area contributed by atoms with Crippen LogP contribution in [0.15, 0.2) is 0 Å². The third kappa shape index (κ3) is 3.14. The lowest BCUT2D eigenvalue weighted by Gasteiger charge is -2.26. The number of hydrogen-bond donors (Lipinski definition) is 1. The number of ether oxygens (including phenoxy) is 1. The molecule has 0 aromatic rings. The standard InChI is InChI=1S/C16H26N2O3/c17-11-5-7-12(8-6-11)21-10-2-9-18-15(19)13-3-1-4-14(13)16(18)20/h11-14H,1-10,17H2. The van der Waals surface area contributed by atoms with Crippen LogP contribution >= 0.6 is 0 Å². The highest BCUT2D eigenvalue weighted by molar-refractivity contribution is 6.05. The van der Waals surface area contributed by atoms with E-state index in [1.807, 2.05) is 0 Å². The summed E-state index contributed by atoms with van der Waals surface area (Å²) in [4.78, 5) is 25.8. The van der Waals surface area contributed by atoms with Gasteiger partial charge in [-0.2, -0.15) is 0 Å². The first-order valence-electron chi connectivity index (χ1n) is 8.39. The molecule has 2 amide bonds. The highest BCUT2D eigenvalue weighted by atomic mass is 16.5. The third-order valence-corrected chi connectivity index (χ3v) is 5.28. The summed E-state index contributed by atoms with van der Waals surface area (Å²) in [6, 6.07) is 0.337. The number of carbonyl (C=O) groups excluding carboxylic acids is 2. The Labute approximate surface area is 126 Å². The molecule has 2 aliphatic carbocycles. The van der Waals surface area contributed by atoms with Crippen LogP contribution in [0.1, 0.15) is 51.4 Å². The molecule has 3 rings (SSSR count). The van der Waals surface area contributed by atoms with Gasteiger partial charge in [-0.25, -0.2) is 0 Å². The first kappa shape index (κ1) is 15.0. The predicted molar refractivity (Wildman–Crippen MR) is 78.4 cm³/mol. The molecule has 3 fully saturated rings. The van der Waals surface area contributed by atoms with Gasteiger partial charge in [0.15, 0.2) is 0 Å². The normalized spacial score (nSPS) is 36.3. The van der Waals surface area contributed by atoms with E-state index in [0.29, 0.717) is 25.3 Å². The Hall–Kier alpha value is -0.940. The van der Waals surface area contributed by atoms with Gasteiger partial charge in [0.05, 0.1) is 17.9 Å². The molecule has 2 saturated carbocycles. The zero-order valence-electron chi connectivity index (χ0n) is 12.6. The van der Waals surface area contributed by atoms with Crippen molar-refractivity contribution < 1.29 is 14.3 Å². The van der Waals surface area contributed by atoms with E-state index in [1.54, 1.807) is 0 Å². The van der Waals surface area contributed by atoms with Crippen LogP contribution in [0.25, 0.3) is 0 Å². The highest BCUT2D eigenvalue weighted by Gasteiger charge is 2.49. The fraction of sp³-hybridized carbons (Fsp3) is 0.875. The molecule has 118 valence electrons. The molecule has 1 aliphatic heterocycles. The van der Waals surface area contributed by atoms with Gasteiger partial charge in [0.25, 0.3) is 0 Å². The number of amides is 2. The van der Waals surface area contributed by atoms with Gasteiger partial charge in [-0.05, 0) is 44.9 Å². The topological polar surface area (TPSA) is 72.6 Å². The van der Waals surface area contributed by atoms with Crippen molar-refractivity contribution in [3.8, 4) is 0 Å². The van der Waals surface area contributed by atoms with Crippen molar-refractivity contribution in [2.75, 3.05) is 13.2 Å². The van der Waals surface area contributed by atoms with E-state index in [1.165, 1.54) is 4.90 Å². The van der Waals surface area contributed by atoms with Gasteiger partial charge in [-0.3, -0.25) is 14.5 Å². The second-order valence-corrected chi connectivity index (χ2v) is 6.73. The molecule has 0 bridgehead atoms. The second-order valence-electron chi connectivity index (χ2n) is 6.73. The lowest BCUT2D eigenvalue weighted by atomic mass is 9.94. The van der Waals surface area contributed by atoms with E-state index >= 15 is 0 Å². The Morgan fingerprint density at radius 2 is 1.62 bits per heavy atom. The summed E-state index contributed by atoms with van der Waals surface area (Å²) in [6.07, 6.45) is 8.02. The van der Waals surface area contributed by atoms with Gasteiger partial charge in [-0.1, -0.05) is 6.42 Å². The molecule has 5 heteroatoms. The Bertz CT molecular complexity index is 382. The van der Waals surface area contributed by atoms with Gasteiger partial charge in [-0.15, -0.1) is 0 Å². The average Bonchev–Trinajstić information content (AvgIpc) is 3.04. The Balaban J connectivity index is 1.38. The molecule has 1 heterocycles. The number of hydrogen-bond acceptors (Lipinski definition) is 4. The molecule has 21 heavy (non-hydrogen) atoms. The summed E-state index contributed by atoms with van der Waals surface area (Å²) >= 11 is 0. The summed E-state index contributed by atoms with van der Waals surface area (Å²) < 4.78 is 5.85. The number of imide groups is 1. The monoisotopic (exact) mass is 294 g/mol. The second kappa shape index (κ2) is 6.44. The molecule has 0 radical (unpaired) electrons. The van der Waals surface area contributed by atoms with Gasteiger partial charge < -0.3 is 10.5 Å². The van der Waals surface area contributed by atoms with Crippen LogP contribution in [-0.4, -0.2) is 42.0 Å². The summed E-state index contributed by atoms with van der Waals surface area (Å²) in [6.45, 7) is 1.16. The molecule has 5 nitrogen and oxygen atoms in total. The van der Waals surface area contributed by atoms with E-state index < -0.39 is 0 Å². The lowest BCUT2D eigenvalue weighted by molar-refractivity contribution is -0.140. The largest absolute Gasteiger partial charge is 0.378 e. The molecule has 3 aliphatic rings. The van der Waals surface area contributed by atoms with E-state index in [9.17, 15) is 9.59 Å². The maximum absolute atomic E-state index is 12.2. The Morgan fingerprint density at radius 3 is 2.24 bits per heavy atom. The van der Waals surface area contributed by atoms with Crippen molar-refractivity contribution in [3.05, 3.63) is 0 Å². The molecule has 2 atom stereocenters. The van der Waals surface area contributed by atoms with Crippen molar-refractivity contribution in [3.63, 3.8) is 0 Å². The van der Waals surface area contributed by atoms with E-state index in [0.717, 1.165) is 51.4 Å². The van der Waals surface area contributed by atoms with Gasteiger partial charge >= 0.3 is 0 Å². The quantitative estimate of drug-likeness (QED) is 0.615. The maximum Gasteiger partial charge on any atom is 0.233 e. The summed E-state index contributed by atoms with van der Waals surface area (Å²) in [7, 11) is 0.